The molecule has 0 unspecified atom stereocenters. The SMILES string of the molecule is O=C(O)c1ccc(Nc2nc(NC3CCC3)c3cn[nH]c3n2)cc1. The van der Waals surface area contributed by atoms with Crippen molar-refractivity contribution in [1.29, 1.82) is 0 Å². The fourth-order valence-electron chi connectivity index (χ4n) is 2.57. The van der Waals surface area contributed by atoms with Crippen LogP contribution in [0.25, 0.3) is 11.0 Å². The van der Waals surface area contributed by atoms with Gasteiger partial charge >= 0.3 is 5.97 Å². The molecule has 2 heterocycles. The Bertz CT molecular complexity index is 885. The number of anilines is 3. The lowest BCUT2D eigenvalue weighted by Crippen LogP contribution is -2.27. The summed E-state index contributed by atoms with van der Waals surface area (Å²) in [4.78, 5) is 19.8. The fraction of sp³-hybridized carbons (Fsp3) is 0.250. The van der Waals surface area contributed by atoms with Crippen LogP contribution in [-0.4, -0.2) is 37.3 Å². The molecule has 1 aromatic carbocycles. The van der Waals surface area contributed by atoms with Crippen LogP contribution in [0.15, 0.2) is 30.5 Å². The minimum absolute atomic E-state index is 0.234. The molecule has 1 fully saturated rings. The van der Waals surface area contributed by atoms with Crippen LogP contribution in [0.3, 0.4) is 0 Å². The summed E-state index contributed by atoms with van der Waals surface area (Å²) in [6, 6.07) is 6.88. The minimum Gasteiger partial charge on any atom is -0.478 e. The number of carbonyl (C=O) groups is 1. The lowest BCUT2D eigenvalue weighted by Gasteiger charge is -2.27. The number of nitrogens with zero attached hydrogens (tertiary/aromatic N) is 3. The van der Waals surface area contributed by atoms with Gasteiger partial charge in [-0.1, -0.05) is 0 Å². The maximum atomic E-state index is 10.9. The predicted octanol–water partition coefficient (Wildman–Crippen LogP) is 2.76. The van der Waals surface area contributed by atoms with E-state index in [1.54, 1.807) is 18.3 Å². The molecule has 0 radical (unpaired) electrons. The molecular formula is C16H16N6O2. The van der Waals surface area contributed by atoms with E-state index < -0.39 is 5.97 Å². The second-order valence-corrected chi connectivity index (χ2v) is 5.81. The fourth-order valence-corrected chi connectivity index (χ4v) is 2.57. The van der Waals surface area contributed by atoms with Gasteiger partial charge in [-0.15, -0.1) is 0 Å². The standard InChI is InChI=1S/C16H16N6O2/c23-15(24)9-4-6-11(7-5-9)19-16-20-13(18-10-2-1-3-10)12-8-17-22-14(12)21-16/h4-8,10H,1-3H2,(H,23,24)(H3,17,18,19,20,21,22). The van der Waals surface area contributed by atoms with E-state index in [4.69, 9.17) is 5.11 Å². The quantitative estimate of drug-likeness (QED) is 0.570. The Hall–Kier alpha value is -3.16. The van der Waals surface area contributed by atoms with Crippen molar-refractivity contribution < 1.29 is 9.90 Å². The Kier molecular flexibility index (Phi) is 3.49. The third-order valence-corrected chi connectivity index (χ3v) is 4.14. The van der Waals surface area contributed by atoms with E-state index in [9.17, 15) is 4.79 Å². The van der Waals surface area contributed by atoms with Gasteiger partial charge in [-0.25, -0.2) is 4.79 Å². The number of aromatic carboxylic acids is 1. The number of rotatable bonds is 5. The van der Waals surface area contributed by atoms with E-state index in [1.807, 2.05) is 0 Å². The molecule has 8 heteroatoms. The lowest BCUT2D eigenvalue weighted by molar-refractivity contribution is 0.0697. The van der Waals surface area contributed by atoms with Crippen molar-refractivity contribution in [2.75, 3.05) is 10.6 Å². The molecule has 2 aromatic heterocycles. The first-order valence-electron chi connectivity index (χ1n) is 7.77. The molecular weight excluding hydrogens is 308 g/mol. The number of aromatic nitrogens is 4. The van der Waals surface area contributed by atoms with Crippen LogP contribution in [-0.2, 0) is 0 Å². The number of nitrogens with one attached hydrogen (secondary N) is 3. The van der Waals surface area contributed by atoms with Gasteiger partial charge in [0, 0.05) is 11.7 Å². The number of carboxylic acids is 1. The molecule has 0 amide bonds. The van der Waals surface area contributed by atoms with E-state index in [-0.39, 0.29) is 5.56 Å². The molecule has 0 bridgehead atoms. The van der Waals surface area contributed by atoms with Crippen molar-refractivity contribution in [2.24, 2.45) is 0 Å². The molecule has 122 valence electrons. The molecule has 1 aliphatic carbocycles. The highest BCUT2D eigenvalue weighted by atomic mass is 16.4. The molecule has 4 N–H and O–H groups in total. The van der Waals surface area contributed by atoms with Crippen molar-refractivity contribution in [3.63, 3.8) is 0 Å². The predicted molar refractivity (Wildman–Crippen MR) is 89.6 cm³/mol. The van der Waals surface area contributed by atoms with Crippen LogP contribution in [0.5, 0.6) is 0 Å². The molecule has 0 aliphatic heterocycles. The molecule has 1 aliphatic rings. The Morgan fingerprint density at radius 2 is 2.00 bits per heavy atom. The van der Waals surface area contributed by atoms with E-state index in [0.717, 1.165) is 24.0 Å². The molecule has 3 aromatic rings. The van der Waals surface area contributed by atoms with Crippen molar-refractivity contribution in [1.82, 2.24) is 20.2 Å². The molecule has 1 saturated carbocycles. The Morgan fingerprint density at radius 3 is 2.67 bits per heavy atom. The van der Waals surface area contributed by atoms with Crippen molar-refractivity contribution >= 4 is 34.5 Å². The third-order valence-electron chi connectivity index (χ3n) is 4.14. The first-order chi connectivity index (χ1) is 11.7. The summed E-state index contributed by atoms with van der Waals surface area (Å²) in [7, 11) is 0. The number of hydrogen-bond acceptors (Lipinski definition) is 6. The zero-order valence-corrected chi connectivity index (χ0v) is 12.8. The normalized spacial score (nSPS) is 14.3. The summed E-state index contributed by atoms with van der Waals surface area (Å²) in [5, 5.41) is 23.2. The summed E-state index contributed by atoms with van der Waals surface area (Å²) in [5.41, 5.74) is 1.60. The van der Waals surface area contributed by atoms with Crippen LogP contribution < -0.4 is 10.6 Å². The number of benzene rings is 1. The van der Waals surface area contributed by atoms with Gasteiger partial charge in [0.25, 0.3) is 0 Å². The lowest BCUT2D eigenvalue weighted by atomic mass is 9.93. The molecule has 0 atom stereocenters. The summed E-state index contributed by atoms with van der Waals surface area (Å²) in [6.45, 7) is 0. The number of carboxylic acid groups (broad SMARTS) is 1. The monoisotopic (exact) mass is 324 g/mol. The number of hydrogen-bond donors (Lipinski definition) is 4. The van der Waals surface area contributed by atoms with E-state index in [0.29, 0.717) is 23.3 Å². The maximum Gasteiger partial charge on any atom is 0.335 e. The average Bonchev–Trinajstić information content (AvgIpc) is 3.00. The van der Waals surface area contributed by atoms with Crippen molar-refractivity contribution in [2.45, 2.75) is 25.3 Å². The molecule has 24 heavy (non-hydrogen) atoms. The van der Waals surface area contributed by atoms with Crippen LogP contribution >= 0.6 is 0 Å². The minimum atomic E-state index is -0.955. The van der Waals surface area contributed by atoms with Gasteiger partial charge in [0.2, 0.25) is 5.95 Å². The van der Waals surface area contributed by atoms with Gasteiger partial charge in [0.15, 0.2) is 5.65 Å². The van der Waals surface area contributed by atoms with Gasteiger partial charge in [-0.3, -0.25) is 5.10 Å². The highest BCUT2D eigenvalue weighted by molar-refractivity contribution is 5.89. The van der Waals surface area contributed by atoms with Gasteiger partial charge in [-0.2, -0.15) is 15.1 Å². The van der Waals surface area contributed by atoms with E-state index in [1.165, 1.54) is 18.6 Å². The first kappa shape index (κ1) is 14.4. The summed E-state index contributed by atoms with van der Waals surface area (Å²) in [5.74, 6) is 0.225. The highest BCUT2D eigenvalue weighted by Gasteiger charge is 2.19. The molecule has 8 nitrogen and oxygen atoms in total. The Labute approximate surface area is 137 Å². The second-order valence-electron chi connectivity index (χ2n) is 5.81. The average molecular weight is 324 g/mol. The largest absolute Gasteiger partial charge is 0.478 e. The van der Waals surface area contributed by atoms with Crippen molar-refractivity contribution in [3.05, 3.63) is 36.0 Å². The van der Waals surface area contributed by atoms with Gasteiger partial charge in [0.1, 0.15) is 5.82 Å². The Balaban J connectivity index is 1.62. The number of fused-ring (bicyclic) bond motifs is 1. The third kappa shape index (κ3) is 2.73. The zero-order chi connectivity index (χ0) is 16.5. The topological polar surface area (TPSA) is 116 Å². The maximum absolute atomic E-state index is 10.9. The number of aromatic amines is 1. The zero-order valence-electron chi connectivity index (χ0n) is 12.8. The van der Waals surface area contributed by atoms with Gasteiger partial charge in [0.05, 0.1) is 17.1 Å². The van der Waals surface area contributed by atoms with E-state index in [2.05, 4.69) is 30.8 Å². The summed E-state index contributed by atoms with van der Waals surface area (Å²) >= 11 is 0. The highest BCUT2D eigenvalue weighted by Crippen LogP contribution is 2.27. The first-order valence-corrected chi connectivity index (χ1v) is 7.77. The van der Waals surface area contributed by atoms with Crippen LogP contribution in [0.1, 0.15) is 29.6 Å². The smallest absolute Gasteiger partial charge is 0.335 e. The van der Waals surface area contributed by atoms with Crippen molar-refractivity contribution in [3.8, 4) is 0 Å². The van der Waals surface area contributed by atoms with Crippen LogP contribution in [0.2, 0.25) is 0 Å². The summed E-state index contributed by atoms with van der Waals surface area (Å²) < 4.78 is 0. The van der Waals surface area contributed by atoms with Crippen LogP contribution in [0, 0.1) is 0 Å². The van der Waals surface area contributed by atoms with E-state index >= 15 is 0 Å². The van der Waals surface area contributed by atoms with Gasteiger partial charge in [-0.05, 0) is 43.5 Å². The van der Waals surface area contributed by atoms with Crippen LogP contribution in [0.4, 0.5) is 17.5 Å². The molecule has 0 saturated heterocycles. The van der Waals surface area contributed by atoms with Gasteiger partial charge < -0.3 is 15.7 Å². The number of H-pyrrole nitrogens is 1. The summed E-state index contributed by atoms with van der Waals surface area (Å²) in [6.07, 6.45) is 5.23. The molecule has 4 rings (SSSR count). The second kappa shape index (κ2) is 5.80. The Morgan fingerprint density at radius 1 is 1.21 bits per heavy atom. The molecule has 0 spiro atoms.